The molecule has 0 aromatic heterocycles. The van der Waals surface area contributed by atoms with Crippen LogP contribution in [0.2, 0.25) is 0 Å². The molecule has 0 bridgehead atoms. The Hall–Kier alpha value is -2.09. The van der Waals surface area contributed by atoms with Crippen LogP contribution in [0.15, 0.2) is 12.1 Å². The van der Waals surface area contributed by atoms with Crippen molar-refractivity contribution in [3.05, 3.63) is 35.1 Å². The van der Waals surface area contributed by atoms with Crippen molar-refractivity contribution in [3.63, 3.8) is 0 Å². The lowest BCUT2D eigenvalue weighted by atomic mass is 10.0. The van der Waals surface area contributed by atoms with Gasteiger partial charge >= 0.3 is 0 Å². The van der Waals surface area contributed by atoms with Gasteiger partial charge in [-0.2, -0.15) is 0 Å². The molecule has 2 heterocycles. The molecule has 1 unspecified atom stereocenters. The van der Waals surface area contributed by atoms with Crippen molar-refractivity contribution in [3.8, 4) is 0 Å². The predicted octanol–water partition coefficient (Wildman–Crippen LogP) is 1.44. The van der Waals surface area contributed by atoms with Crippen molar-refractivity contribution in [2.75, 3.05) is 19.6 Å². The van der Waals surface area contributed by atoms with E-state index in [1.807, 2.05) is 0 Å². The van der Waals surface area contributed by atoms with Crippen molar-refractivity contribution in [2.45, 2.75) is 38.3 Å². The lowest BCUT2D eigenvalue weighted by molar-refractivity contribution is -0.134. The molecule has 0 spiro atoms. The highest BCUT2D eigenvalue weighted by atomic mass is 19.2. The Bertz CT molecular complexity index is 728. The molecule has 142 valence electrons. The molecule has 0 radical (unpaired) electrons. The average molecular weight is 369 g/mol. The highest BCUT2D eigenvalue weighted by molar-refractivity contribution is 5.78. The minimum absolute atomic E-state index is 0.00129. The molecule has 0 aliphatic carbocycles. The zero-order chi connectivity index (χ0) is 19.0. The van der Waals surface area contributed by atoms with E-state index in [9.17, 15) is 22.8 Å². The van der Waals surface area contributed by atoms with Crippen LogP contribution in [0.25, 0.3) is 0 Å². The summed E-state index contributed by atoms with van der Waals surface area (Å²) < 4.78 is 40.0. The van der Waals surface area contributed by atoms with Gasteiger partial charge < -0.3 is 15.5 Å². The Labute approximate surface area is 149 Å². The molecule has 3 atom stereocenters. The molecule has 2 aliphatic heterocycles. The number of nitrogens with two attached hydrogens (primary N) is 1. The van der Waals surface area contributed by atoms with E-state index >= 15 is 0 Å². The quantitative estimate of drug-likeness (QED) is 0.817. The molecule has 1 aromatic rings. The molecule has 2 fully saturated rings. The number of likely N-dealkylation sites (tertiary alicyclic amines) is 2. The van der Waals surface area contributed by atoms with E-state index in [0.29, 0.717) is 25.7 Å². The molecule has 5 nitrogen and oxygen atoms in total. The highest BCUT2D eigenvalue weighted by Crippen LogP contribution is 2.32. The summed E-state index contributed by atoms with van der Waals surface area (Å²) in [6.07, 6.45) is 0.769. The second-order valence-electron chi connectivity index (χ2n) is 7.15. The average Bonchev–Trinajstić information content (AvgIpc) is 3.12. The van der Waals surface area contributed by atoms with Crippen LogP contribution < -0.4 is 5.73 Å². The van der Waals surface area contributed by atoms with Crippen LogP contribution in [0.3, 0.4) is 0 Å². The van der Waals surface area contributed by atoms with E-state index in [-0.39, 0.29) is 42.2 Å². The van der Waals surface area contributed by atoms with E-state index < -0.39 is 23.5 Å². The minimum atomic E-state index is -1.25. The van der Waals surface area contributed by atoms with Gasteiger partial charge in [0.25, 0.3) is 0 Å². The fourth-order valence-corrected chi connectivity index (χ4v) is 3.94. The summed E-state index contributed by atoms with van der Waals surface area (Å²) in [6, 6.07) is 0.562. The number of hydrogen-bond acceptors (Lipinski definition) is 3. The minimum Gasteiger partial charge on any atom is -0.341 e. The van der Waals surface area contributed by atoms with Gasteiger partial charge in [-0.25, -0.2) is 13.2 Å². The number of benzene rings is 1. The zero-order valence-electron chi connectivity index (χ0n) is 14.6. The number of fused-ring (bicyclic) bond motifs is 1. The highest BCUT2D eigenvalue weighted by Gasteiger charge is 2.43. The molecule has 2 amide bonds. The molecular formula is C18H22F3N3O2. The number of halogens is 3. The van der Waals surface area contributed by atoms with Crippen LogP contribution in [-0.4, -0.2) is 53.3 Å². The van der Waals surface area contributed by atoms with Crippen molar-refractivity contribution < 1.29 is 22.8 Å². The van der Waals surface area contributed by atoms with E-state index in [1.54, 1.807) is 9.80 Å². The van der Waals surface area contributed by atoms with Gasteiger partial charge in [0.1, 0.15) is 5.82 Å². The normalized spacial score (nSPS) is 23.3. The van der Waals surface area contributed by atoms with Crippen molar-refractivity contribution in [1.29, 1.82) is 0 Å². The maximum absolute atomic E-state index is 13.7. The Morgan fingerprint density at radius 1 is 1.19 bits per heavy atom. The van der Waals surface area contributed by atoms with Crippen LogP contribution in [0, 0.1) is 23.4 Å². The van der Waals surface area contributed by atoms with E-state index in [1.165, 1.54) is 6.92 Å². The van der Waals surface area contributed by atoms with Crippen LogP contribution >= 0.6 is 0 Å². The van der Waals surface area contributed by atoms with E-state index in [0.717, 1.165) is 12.5 Å². The molecular weight excluding hydrogens is 347 g/mol. The summed E-state index contributed by atoms with van der Waals surface area (Å²) in [7, 11) is 0. The SMILES string of the molecule is CC(=O)N1C[C@@H]2CCN(C(=O)CC(N)Cc3cc(F)c(F)cc3F)[C@@H]2C1. The Morgan fingerprint density at radius 2 is 1.88 bits per heavy atom. The summed E-state index contributed by atoms with van der Waals surface area (Å²) in [6.45, 7) is 3.32. The fourth-order valence-electron chi connectivity index (χ4n) is 3.94. The molecule has 0 saturated carbocycles. The molecule has 3 rings (SSSR count). The number of carbonyl (C=O) groups is 2. The lowest BCUT2D eigenvalue weighted by Crippen LogP contribution is -2.42. The second-order valence-corrected chi connectivity index (χ2v) is 7.15. The smallest absolute Gasteiger partial charge is 0.224 e. The summed E-state index contributed by atoms with van der Waals surface area (Å²) >= 11 is 0. The lowest BCUT2D eigenvalue weighted by Gasteiger charge is -2.26. The van der Waals surface area contributed by atoms with Crippen molar-refractivity contribution in [2.24, 2.45) is 11.7 Å². The monoisotopic (exact) mass is 369 g/mol. The largest absolute Gasteiger partial charge is 0.341 e. The van der Waals surface area contributed by atoms with E-state index in [2.05, 4.69) is 0 Å². The van der Waals surface area contributed by atoms with Crippen molar-refractivity contribution >= 4 is 11.8 Å². The summed E-state index contributed by atoms with van der Waals surface area (Å²) in [5, 5.41) is 0. The number of hydrogen-bond donors (Lipinski definition) is 1. The first-order chi connectivity index (χ1) is 12.3. The summed E-state index contributed by atoms with van der Waals surface area (Å²) in [4.78, 5) is 27.6. The van der Waals surface area contributed by atoms with Gasteiger partial charge in [0.05, 0.1) is 6.04 Å². The summed E-state index contributed by atoms with van der Waals surface area (Å²) in [5.74, 6) is -3.15. The first-order valence-electron chi connectivity index (χ1n) is 8.70. The van der Waals surface area contributed by atoms with Crippen molar-refractivity contribution in [1.82, 2.24) is 9.80 Å². The topological polar surface area (TPSA) is 66.6 Å². The van der Waals surface area contributed by atoms with Gasteiger partial charge in [0.15, 0.2) is 11.6 Å². The van der Waals surface area contributed by atoms with Gasteiger partial charge in [0.2, 0.25) is 11.8 Å². The molecule has 8 heteroatoms. The van der Waals surface area contributed by atoms with Crippen LogP contribution in [0.1, 0.15) is 25.3 Å². The van der Waals surface area contributed by atoms with E-state index in [4.69, 9.17) is 5.73 Å². The third-order valence-corrected chi connectivity index (χ3v) is 5.32. The third kappa shape index (κ3) is 3.70. The van der Waals surface area contributed by atoms with Gasteiger partial charge in [0, 0.05) is 51.0 Å². The number of amides is 2. The number of rotatable bonds is 4. The van der Waals surface area contributed by atoms with Gasteiger partial charge in [-0.1, -0.05) is 0 Å². The van der Waals surface area contributed by atoms with Gasteiger partial charge in [-0.15, -0.1) is 0 Å². The Balaban J connectivity index is 1.60. The first kappa shape index (κ1) is 18.7. The van der Waals surface area contributed by atoms with Gasteiger partial charge in [-0.05, 0) is 24.5 Å². The molecule has 2 aliphatic rings. The van der Waals surface area contributed by atoms with Crippen LogP contribution in [0.4, 0.5) is 13.2 Å². The Kier molecular flexibility index (Phi) is 5.22. The third-order valence-electron chi connectivity index (χ3n) is 5.32. The molecule has 2 N–H and O–H groups in total. The number of carbonyl (C=O) groups excluding carboxylic acids is 2. The van der Waals surface area contributed by atoms with Gasteiger partial charge in [-0.3, -0.25) is 9.59 Å². The fraction of sp³-hybridized carbons (Fsp3) is 0.556. The standard InChI is InChI=1S/C18H22F3N3O2/c1-10(25)23-8-11-2-3-24(17(11)9-23)18(26)6-13(22)4-12-5-15(20)16(21)7-14(12)19/h5,7,11,13,17H,2-4,6,8-9,22H2,1H3/t11-,13?,17+/m0/s1. The van der Waals surface area contributed by atoms with Crippen LogP contribution in [-0.2, 0) is 16.0 Å². The summed E-state index contributed by atoms with van der Waals surface area (Å²) in [5.41, 5.74) is 5.90. The molecule has 2 saturated heterocycles. The predicted molar refractivity (Wildman–Crippen MR) is 88.5 cm³/mol. The zero-order valence-corrected chi connectivity index (χ0v) is 14.6. The van der Waals surface area contributed by atoms with Crippen LogP contribution in [0.5, 0.6) is 0 Å². The second kappa shape index (κ2) is 7.26. The number of nitrogens with zero attached hydrogens (tertiary/aromatic N) is 2. The molecule has 1 aromatic carbocycles. The maximum Gasteiger partial charge on any atom is 0.224 e. The first-order valence-corrected chi connectivity index (χ1v) is 8.70. The molecule has 26 heavy (non-hydrogen) atoms. The Morgan fingerprint density at radius 3 is 2.58 bits per heavy atom. The maximum atomic E-state index is 13.7.